The van der Waals surface area contributed by atoms with Crippen molar-refractivity contribution in [2.24, 2.45) is 29.1 Å². The number of carbonyl (C=O) groups excluding carboxylic acids is 4. The molecule has 6 unspecified atom stereocenters. The SMILES string of the molecule is CC12C(=O)N(c3ccc(F)c(Cl)c3)C(=O)C1CC1C(=CCC3C(=O)N(c4ccccc4)C(=O)C31)C2c1ccccc1OCCO. The minimum atomic E-state index is -1.31. The average molecular weight is 629 g/mol. The van der Waals surface area contributed by atoms with Gasteiger partial charge in [-0.2, -0.15) is 0 Å². The van der Waals surface area contributed by atoms with Crippen LogP contribution >= 0.6 is 11.6 Å². The standard InChI is InChI=1S/C35H30ClFN2O6/c1-35-25(32(42)39(34(35)44)20-11-14-27(37)26(36)17-20)18-24-21(30(35)22-9-5-6-10-28(22)45-16-15-40)12-13-23-29(24)33(43)38(31(23)41)19-7-3-2-4-8-19/h2-12,14,17,23-25,29-30,40H,13,15-16,18H2,1H3. The van der Waals surface area contributed by atoms with E-state index in [2.05, 4.69) is 0 Å². The molecule has 0 radical (unpaired) electrons. The summed E-state index contributed by atoms with van der Waals surface area (Å²) in [5.41, 5.74) is 0.801. The zero-order valence-electron chi connectivity index (χ0n) is 24.4. The Kier molecular flexibility index (Phi) is 7.13. The fourth-order valence-corrected chi connectivity index (χ4v) is 8.24. The molecule has 10 heteroatoms. The number of aliphatic hydroxyl groups excluding tert-OH is 1. The highest BCUT2D eigenvalue weighted by molar-refractivity contribution is 6.32. The van der Waals surface area contributed by atoms with Crippen molar-refractivity contribution in [3.8, 4) is 5.75 Å². The summed E-state index contributed by atoms with van der Waals surface area (Å²) in [4.78, 5) is 59.1. The smallest absolute Gasteiger partial charge is 0.241 e. The molecule has 7 rings (SSSR count). The Balaban J connectivity index is 1.38. The van der Waals surface area contributed by atoms with E-state index in [1.807, 2.05) is 24.3 Å². The molecule has 4 amide bonds. The molecule has 6 atom stereocenters. The third kappa shape index (κ3) is 4.28. The molecule has 3 aromatic carbocycles. The molecule has 0 spiro atoms. The minimum absolute atomic E-state index is 0.0170. The molecule has 0 bridgehead atoms. The number of rotatable bonds is 6. The lowest BCUT2D eigenvalue weighted by Crippen LogP contribution is -2.49. The van der Waals surface area contributed by atoms with Crippen LogP contribution in [0.2, 0.25) is 5.02 Å². The number of imide groups is 2. The number of aliphatic hydroxyl groups is 1. The molecule has 2 heterocycles. The first kappa shape index (κ1) is 29.4. The molecular formula is C35H30ClFN2O6. The van der Waals surface area contributed by atoms with Crippen molar-refractivity contribution >= 4 is 46.6 Å². The van der Waals surface area contributed by atoms with Crippen molar-refractivity contribution < 1.29 is 33.4 Å². The van der Waals surface area contributed by atoms with Crippen molar-refractivity contribution in [2.45, 2.75) is 25.7 Å². The molecule has 230 valence electrons. The predicted octanol–water partition coefficient (Wildman–Crippen LogP) is 5.29. The number of anilines is 2. The summed E-state index contributed by atoms with van der Waals surface area (Å²) in [7, 11) is 0. The van der Waals surface area contributed by atoms with E-state index in [1.54, 1.807) is 43.3 Å². The first-order valence-electron chi connectivity index (χ1n) is 15.0. The van der Waals surface area contributed by atoms with Crippen molar-refractivity contribution in [1.29, 1.82) is 0 Å². The third-order valence-electron chi connectivity index (χ3n) is 10.0. The largest absolute Gasteiger partial charge is 0.491 e. The van der Waals surface area contributed by atoms with E-state index in [9.17, 15) is 28.7 Å². The molecule has 2 aliphatic heterocycles. The van der Waals surface area contributed by atoms with Crippen LogP contribution < -0.4 is 14.5 Å². The van der Waals surface area contributed by atoms with Crippen LogP contribution in [0.25, 0.3) is 0 Å². The fourth-order valence-electron chi connectivity index (χ4n) is 8.07. The highest BCUT2D eigenvalue weighted by Crippen LogP contribution is 2.64. The maximum atomic E-state index is 14.6. The Labute approximate surface area is 264 Å². The number of ether oxygens (including phenoxy) is 1. The van der Waals surface area contributed by atoms with Crippen LogP contribution in [0.4, 0.5) is 15.8 Å². The molecule has 8 nitrogen and oxygen atoms in total. The molecule has 3 aromatic rings. The van der Waals surface area contributed by atoms with Gasteiger partial charge in [0.2, 0.25) is 23.6 Å². The minimum Gasteiger partial charge on any atom is -0.491 e. The average Bonchev–Trinajstić information content (AvgIpc) is 3.41. The van der Waals surface area contributed by atoms with Gasteiger partial charge in [0.25, 0.3) is 0 Å². The third-order valence-corrected chi connectivity index (χ3v) is 10.3. The number of nitrogens with zero attached hydrogens (tertiary/aromatic N) is 2. The first-order chi connectivity index (χ1) is 21.7. The van der Waals surface area contributed by atoms with E-state index >= 15 is 0 Å². The summed E-state index contributed by atoms with van der Waals surface area (Å²) in [6.45, 7) is 1.55. The van der Waals surface area contributed by atoms with Gasteiger partial charge < -0.3 is 9.84 Å². The summed E-state index contributed by atoms with van der Waals surface area (Å²) in [5, 5.41) is 9.30. The molecule has 2 aliphatic carbocycles. The van der Waals surface area contributed by atoms with Crippen molar-refractivity contribution in [2.75, 3.05) is 23.0 Å². The normalized spacial score (nSPS) is 29.0. The molecule has 0 aromatic heterocycles. The number of carbonyl (C=O) groups is 4. The molecule has 4 aliphatic rings. The Bertz CT molecular complexity index is 1780. The van der Waals surface area contributed by atoms with Gasteiger partial charge in [-0.25, -0.2) is 9.29 Å². The second-order valence-electron chi connectivity index (χ2n) is 12.2. The van der Waals surface area contributed by atoms with Gasteiger partial charge in [-0.3, -0.25) is 24.1 Å². The molecule has 3 fully saturated rings. The van der Waals surface area contributed by atoms with Gasteiger partial charge in [0, 0.05) is 11.5 Å². The summed E-state index contributed by atoms with van der Waals surface area (Å²) in [6.07, 6.45) is 2.45. The Hall–Kier alpha value is -4.34. The monoisotopic (exact) mass is 628 g/mol. The van der Waals surface area contributed by atoms with Gasteiger partial charge in [0.1, 0.15) is 18.2 Å². The van der Waals surface area contributed by atoms with E-state index in [-0.39, 0.29) is 42.2 Å². The summed E-state index contributed by atoms with van der Waals surface area (Å²) in [5.74, 6) is -5.14. The van der Waals surface area contributed by atoms with Crippen LogP contribution in [-0.4, -0.2) is 41.9 Å². The lowest BCUT2D eigenvalue weighted by atomic mass is 9.51. The number of fused-ring (bicyclic) bond motifs is 4. The number of allylic oxidation sites excluding steroid dienone is 2. The summed E-state index contributed by atoms with van der Waals surface area (Å²) in [6, 6.07) is 19.7. The number of benzene rings is 3. The zero-order chi connectivity index (χ0) is 31.6. The van der Waals surface area contributed by atoms with Crippen molar-refractivity contribution in [1.82, 2.24) is 0 Å². The Morgan fingerprint density at radius 2 is 1.64 bits per heavy atom. The first-order valence-corrected chi connectivity index (χ1v) is 15.3. The Morgan fingerprint density at radius 3 is 2.38 bits per heavy atom. The highest BCUT2D eigenvalue weighted by Gasteiger charge is 2.68. The van der Waals surface area contributed by atoms with E-state index in [1.165, 1.54) is 17.0 Å². The molecule has 45 heavy (non-hydrogen) atoms. The van der Waals surface area contributed by atoms with E-state index < -0.39 is 52.6 Å². The number of hydrogen-bond donors (Lipinski definition) is 1. The second-order valence-corrected chi connectivity index (χ2v) is 12.6. The van der Waals surface area contributed by atoms with Gasteiger partial charge in [0.05, 0.1) is 46.2 Å². The summed E-state index contributed by atoms with van der Waals surface area (Å²) < 4.78 is 20.0. The quantitative estimate of drug-likeness (QED) is 0.294. The lowest BCUT2D eigenvalue weighted by molar-refractivity contribution is -0.131. The van der Waals surface area contributed by atoms with Crippen LogP contribution in [0.5, 0.6) is 5.75 Å². The number of hydrogen-bond acceptors (Lipinski definition) is 6. The zero-order valence-corrected chi connectivity index (χ0v) is 25.1. The topological polar surface area (TPSA) is 104 Å². The predicted molar refractivity (Wildman–Crippen MR) is 164 cm³/mol. The van der Waals surface area contributed by atoms with Gasteiger partial charge in [0.15, 0.2) is 0 Å². The van der Waals surface area contributed by atoms with Crippen LogP contribution in [0.3, 0.4) is 0 Å². The fraction of sp³-hybridized carbons (Fsp3) is 0.314. The van der Waals surface area contributed by atoms with Gasteiger partial charge in [-0.1, -0.05) is 59.6 Å². The van der Waals surface area contributed by atoms with Gasteiger partial charge in [-0.05, 0) is 62.1 Å². The highest BCUT2D eigenvalue weighted by atomic mass is 35.5. The summed E-state index contributed by atoms with van der Waals surface area (Å²) >= 11 is 6.08. The Morgan fingerprint density at radius 1 is 0.911 bits per heavy atom. The molecule has 1 N–H and O–H groups in total. The van der Waals surface area contributed by atoms with Crippen LogP contribution in [0, 0.1) is 34.9 Å². The van der Waals surface area contributed by atoms with Crippen LogP contribution in [-0.2, 0) is 19.2 Å². The van der Waals surface area contributed by atoms with Crippen LogP contribution in [0.1, 0.15) is 31.2 Å². The van der Waals surface area contributed by atoms with E-state index in [0.29, 0.717) is 23.4 Å². The van der Waals surface area contributed by atoms with Crippen molar-refractivity contribution in [3.63, 3.8) is 0 Å². The van der Waals surface area contributed by atoms with Gasteiger partial charge >= 0.3 is 0 Å². The van der Waals surface area contributed by atoms with Crippen LogP contribution in [0.15, 0.2) is 84.4 Å². The number of amides is 4. The van der Waals surface area contributed by atoms with Gasteiger partial charge in [-0.15, -0.1) is 0 Å². The van der Waals surface area contributed by atoms with E-state index in [0.717, 1.165) is 16.5 Å². The maximum Gasteiger partial charge on any atom is 0.241 e. The second kappa shape index (κ2) is 10.9. The molecule has 2 saturated heterocycles. The van der Waals surface area contributed by atoms with Crippen molar-refractivity contribution in [3.05, 3.63) is 101 Å². The number of halogens is 2. The lowest BCUT2D eigenvalue weighted by Gasteiger charge is -2.49. The number of para-hydroxylation sites is 2. The maximum absolute atomic E-state index is 14.6. The molecular weight excluding hydrogens is 599 g/mol. The van der Waals surface area contributed by atoms with E-state index in [4.69, 9.17) is 16.3 Å². The molecule has 1 saturated carbocycles.